The van der Waals surface area contributed by atoms with Gasteiger partial charge in [0.05, 0.1) is 27.7 Å². The van der Waals surface area contributed by atoms with Crippen molar-refractivity contribution in [3.05, 3.63) is 219 Å². The Morgan fingerprint density at radius 2 is 0.540 bits per heavy atom. The van der Waals surface area contributed by atoms with E-state index in [0.717, 1.165) is 161 Å². The summed E-state index contributed by atoms with van der Waals surface area (Å²) in [5.41, 5.74) is 0. The van der Waals surface area contributed by atoms with Crippen LogP contribution in [0, 0.1) is 0 Å². The normalized spacial score (nSPS) is 14.3. The Kier molecular flexibility index (Phi) is 73.1. The number of quaternary nitrogens is 1. The van der Waals surface area contributed by atoms with Crippen LogP contribution in [0.4, 0.5) is 0 Å². The lowest BCUT2D eigenvalue weighted by Crippen LogP contribution is -2.37. The first-order chi connectivity index (χ1) is 49.0. The smallest absolute Gasteiger partial charge is 0.306 e. The number of esters is 2. The lowest BCUT2D eigenvalue weighted by Gasteiger charge is -2.28. The van der Waals surface area contributed by atoms with Crippen LogP contribution in [-0.2, 0) is 32.7 Å². The summed E-state index contributed by atoms with van der Waals surface area (Å²) < 4.78 is 34.4. The third-order valence-corrected chi connectivity index (χ3v) is 17.0. The number of unbranched alkanes of at least 4 members (excludes halogenated alkanes) is 20. The summed E-state index contributed by atoms with van der Waals surface area (Å²) in [5, 5.41) is 0. The van der Waals surface area contributed by atoms with Gasteiger partial charge in [0.1, 0.15) is 19.8 Å². The van der Waals surface area contributed by atoms with Gasteiger partial charge in [0.15, 0.2) is 6.10 Å². The van der Waals surface area contributed by atoms with Crippen molar-refractivity contribution in [2.75, 3.05) is 47.5 Å². The first-order valence-corrected chi connectivity index (χ1v) is 40.9. The number of likely N-dealkylation sites (N-methyl/N-ethyl adjacent to an activating group) is 1. The summed E-state index contributed by atoms with van der Waals surface area (Å²) in [7, 11) is 1.14. The molecule has 9 nitrogen and oxygen atoms in total. The molecule has 0 aliphatic rings. The molecule has 2 atom stereocenters. The Morgan fingerprint density at radius 3 is 0.800 bits per heavy atom. The highest BCUT2D eigenvalue weighted by molar-refractivity contribution is 7.45. The Morgan fingerprint density at radius 1 is 0.310 bits per heavy atom. The Bertz CT molecular complexity index is 2500. The van der Waals surface area contributed by atoms with Gasteiger partial charge in [-0.15, -0.1) is 0 Å². The number of nitrogens with zero attached hydrogens (tertiary/aromatic N) is 1. The molecule has 0 aliphatic carbocycles. The van der Waals surface area contributed by atoms with Gasteiger partial charge in [0, 0.05) is 12.8 Å². The molecule has 0 rings (SSSR count). The summed E-state index contributed by atoms with van der Waals surface area (Å²) >= 11 is 0. The molecule has 0 aliphatic heterocycles. The number of carbonyl (C=O) groups is 2. The molecule has 0 radical (unpaired) electrons. The summed E-state index contributed by atoms with van der Waals surface area (Å²) in [6.45, 7) is 3.98. The van der Waals surface area contributed by atoms with Crippen LogP contribution in [0.2, 0.25) is 0 Å². The quantitative estimate of drug-likeness (QED) is 0.0195. The van der Waals surface area contributed by atoms with Crippen LogP contribution < -0.4 is 4.89 Å². The van der Waals surface area contributed by atoms with Crippen molar-refractivity contribution in [1.82, 2.24) is 0 Å². The minimum atomic E-state index is -4.66. The maximum atomic E-state index is 12.9. The minimum absolute atomic E-state index is 0.0434. The van der Waals surface area contributed by atoms with Crippen LogP contribution in [0.1, 0.15) is 284 Å². The van der Waals surface area contributed by atoms with Crippen LogP contribution in [0.15, 0.2) is 219 Å². The monoisotopic (exact) mass is 1400 g/mol. The van der Waals surface area contributed by atoms with Crippen LogP contribution in [0.25, 0.3) is 0 Å². The van der Waals surface area contributed by atoms with Gasteiger partial charge in [-0.3, -0.25) is 14.2 Å². The Hall–Kier alpha value is -5.67. The number of hydrogen-bond donors (Lipinski definition) is 0. The summed E-state index contributed by atoms with van der Waals surface area (Å²) in [6, 6.07) is 0. The third kappa shape index (κ3) is 81.3. The molecule has 10 heteroatoms. The first-order valence-electron chi connectivity index (χ1n) is 39.4. The lowest BCUT2D eigenvalue weighted by atomic mass is 10.0. The molecule has 2 unspecified atom stereocenters. The third-order valence-electron chi connectivity index (χ3n) is 16.0. The van der Waals surface area contributed by atoms with E-state index in [0.29, 0.717) is 23.9 Å². The van der Waals surface area contributed by atoms with Crippen LogP contribution in [0.3, 0.4) is 0 Å². The van der Waals surface area contributed by atoms with Gasteiger partial charge in [0.25, 0.3) is 7.82 Å². The van der Waals surface area contributed by atoms with E-state index in [4.69, 9.17) is 18.5 Å². The van der Waals surface area contributed by atoms with Gasteiger partial charge in [-0.05, 0) is 154 Å². The SMILES string of the molecule is CC/C=C\C/C=C\C/C=C\C/C=C\C/C=C\C/C=C\C/C=C\C/C=C\C/C=C\CCCCCCCCCCCCCCCC(=O)OC(COC(=O)CCCCCCCCC/C=C\C/C=C\C/C=C\C/C=C\C/C=C\C/C=C\C/C=C\C/C=C\C/C=C\CC)COP(=O)([O-])OCC[N+](C)(C)C. The van der Waals surface area contributed by atoms with Gasteiger partial charge >= 0.3 is 11.9 Å². The highest BCUT2D eigenvalue weighted by Gasteiger charge is 2.22. The molecular weight excluding hydrogens is 1250 g/mol. The predicted molar refractivity (Wildman–Crippen MR) is 433 cm³/mol. The van der Waals surface area contributed by atoms with Crippen molar-refractivity contribution < 1.29 is 42.1 Å². The average Bonchev–Trinajstić information content (AvgIpc) is 1.30. The molecule has 0 amide bonds. The number of phosphoric ester groups is 1. The largest absolute Gasteiger partial charge is 0.756 e. The van der Waals surface area contributed by atoms with Crippen molar-refractivity contribution in [3.8, 4) is 0 Å². The standard InChI is InChI=1S/C90H144NO8P/c1-6-8-10-12-14-16-18-20-22-24-26-28-30-32-34-36-38-40-42-43-44-45-46-47-49-51-53-55-57-59-61-63-65-67-69-71-73-75-77-79-81-83-90(93)99-88(87-98-100(94,95)97-85-84-91(3,4)5)86-96-89(92)82-80-78-76-74-72-70-68-66-64-62-60-58-56-54-52-50-48-41-39-37-35-33-31-29-27-25-23-21-19-17-15-13-11-9-7-2/h8-11,14-17,20-23,26-29,32-35,38-41,43-44,46-47,50-53,56,58,62,64,88H,6-7,12-13,18-19,24-25,30-31,36-37,42,45,48-49,54-55,57,59-61,63,65-87H2,1-5H3/b10-8-,11-9-,16-14-,17-15-,22-20-,23-21-,28-26-,29-27-,34-32-,35-33-,40-38-,41-39-,44-43-,47-46-,52-50-,53-51-,58-56-,64-62-. The van der Waals surface area contributed by atoms with E-state index in [1.807, 2.05) is 21.1 Å². The highest BCUT2D eigenvalue weighted by atomic mass is 31.2. The number of allylic oxidation sites excluding steroid dienone is 36. The summed E-state index contributed by atoms with van der Waals surface area (Å²) in [6.07, 6.45) is 123. The fourth-order valence-corrected chi connectivity index (χ4v) is 10.8. The molecular formula is C90H144NO8P. The van der Waals surface area contributed by atoms with Crippen molar-refractivity contribution in [2.24, 2.45) is 0 Å². The molecule has 0 aromatic heterocycles. The van der Waals surface area contributed by atoms with Crippen molar-refractivity contribution in [1.29, 1.82) is 0 Å². The van der Waals surface area contributed by atoms with E-state index < -0.39 is 32.5 Å². The minimum Gasteiger partial charge on any atom is -0.756 e. The highest BCUT2D eigenvalue weighted by Crippen LogP contribution is 2.38. The first kappa shape index (κ1) is 94.3. The van der Waals surface area contributed by atoms with Crippen LogP contribution in [0.5, 0.6) is 0 Å². The van der Waals surface area contributed by atoms with Crippen molar-refractivity contribution >= 4 is 19.8 Å². The van der Waals surface area contributed by atoms with Gasteiger partial charge < -0.3 is 27.9 Å². The van der Waals surface area contributed by atoms with E-state index >= 15 is 0 Å². The number of hydrogen-bond acceptors (Lipinski definition) is 8. The molecule has 0 saturated carbocycles. The van der Waals surface area contributed by atoms with Crippen molar-refractivity contribution in [3.63, 3.8) is 0 Å². The molecule has 562 valence electrons. The molecule has 0 saturated heterocycles. The van der Waals surface area contributed by atoms with Crippen molar-refractivity contribution in [2.45, 2.75) is 290 Å². The fourth-order valence-electron chi connectivity index (χ4n) is 10.1. The zero-order chi connectivity index (χ0) is 72.5. The second-order valence-corrected chi connectivity index (χ2v) is 28.0. The zero-order valence-corrected chi connectivity index (χ0v) is 64.9. The lowest BCUT2D eigenvalue weighted by molar-refractivity contribution is -0.870. The van der Waals surface area contributed by atoms with E-state index in [1.54, 1.807) is 0 Å². The molecule has 0 spiro atoms. The number of rotatable bonds is 70. The van der Waals surface area contributed by atoms with E-state index in [-0.39, 0.29) is 26.1 Å². The zero-order valence-electron chi connectivity index (χ0n) is 64.0. The van der Waals surface area contributed by atoms with E-state index in [1.165, 1.54) is 83.5 Å². The van der Waals surface area contributed by atoms with Crippen LogP contribution >= 0.6 is 7.82 Å². The van der Waals surface area contributed by atoms with E-state index in [9.17, 15) is 19.0 Å². The molecule has 0 fully saturated rings. The second kappa shape index (κ2) is 77.5. The summed E-state index contributed by atoms with van der Waals surface area (Å²) in [5.74, 6) is -0.858. The molecule has 0 aromatic rings. The number of carbonyl (C=O) groups excluding carboxylic acids is 2. The fraction of sp³-hybridized carbons (Fsp3) is 0.578. The van der Waals surface area contributed by atoms with Gasteiger partial charge in [-0.25, -0.2) is 0 Å². The molecule has 100 heavy (non-hydrogen) atoms. The second-order valence-electron chi connectivity index (χ2n) is 26.6. The molecule has 0 N–H and O–H groups in total. The van der Waals surface area contributed by atoms with Gasteiger partial charge in [-0.1, -0.05) is 335 Å². The van der Waals surface area contributed by atoms with Crippen LogP contribution in [-0.4, -0.2) is 70.0 Å². The molecule has 0 aromatic carbocycles. The van der Waals surface area contributed by atoms with E-state index in [2.05, 4.69) is 233 Å². The maximum absolute atomic E-state index is 12.9. The Balaban J connectivity index is 4.10. The van der Waals surface area contributed by atoms with Gasteiger partial charge in [-0.2, -0.15) is 0 Å². The Labute approximate surface area is 614 Å². The maximum Gasteiger partial charge on any atom is 0.306 e. The topological polar surface area (TPSA) is 111 Å². The summed E-state index contributed by atoms with van der Waals surface area (Å²) in [4.78, 5) is 38.2. The predicted octanol–water partition coefficient (Wildman–Crippen LogP) is 26.1. The number of phosphoric acid groups is 1. The average molecular weight is 1400 g/mol. The number of ether oxygens (including phenoxy) is 2. The van der Waals surface area contributed by atoms with Gasteiger partial charge in [0.2, 0.25) is 0 Å². The molecule has 0 bridgehead atoms. The molecule has 0 heterocycles.